The van der Waals surface area contributed by atoms with E-state index in [-0.39, 0.29) is 17.7 Å². The van der Waals surface area contributed by atoms with E-state index in [1.807, 2.05) is 24.8 Å². The molecule has 2 rings (SSSR count). The van der Waals surface area contributed by atoms with E-state index >= 15 is 0 Å². The van der Waals surface area contributed by atoms with Gasteiger partial charge in [0, 0.05) is 24.6 Å². The van der Waals surface area contributed by atoms with Crippen molar-refractivity contribution in [1.82, 2.24) is 4.90 Å². The zero-order chi connectivity index (χ0) is 16.3. The monoisotopic (exact) mass is 304 g/mol. The first kappa shape index (κ1) is 16.3. The molecule has 0 radical (unpaired) electrons. The highest BCUT2D eigenvalue weighted by Gasteiger charge is 2.26. The number of carbonyl (C=O) groups is 2. The molecule has 22 heavy (non-hydrogen) atoms. The molecule has 0 aromatic heterocycles. The number of rotatable bonds is 4. The maximum atomic E-state index is 12.5. The van der Waals surface area contributed by atoms with Crippen molar-refractivity contribution in [2.45, 2.75) is 33.1 Å². The Morgan fingerprint density at radius 1 is 1.27 bits per heavy atom. The van der Waals surface area contributed by atoms with Crippen molar-refractivity contribution in [2.24, 2.45) is 11.7 Å². The lowest BCUT2D eigenvalue weighted by molar-refractivity contribution is -0.134. The molecular weight excluding hydrogens is 280 g/mol. The number of piperidine rings is 1. The van der Waals surface area contributed by atoms with E-state index in [4.69, 9.17) is 10.5 Å². The normalized spacial score (nSPS) is 15.7. The van der Waals surface area contributed by atoms with E-state index in [2.05, 4.69) is 6.07 Å². The van der Waals surface area contributed by atoms with Gasteiger partial charge in [-0.25, -0.2) is 0 Å². The highest BCUT2D eigenvalue weighted by Crippen LogP contribution is 2.26. The zero-order valence-corrected chi connectivity index (χ0v) is 13.5. The third-order valence-electron chi connectivity index (χ3n) is 4.37. The molecule has 0 spiro atoms. The van der Waals surface area contributed by atoms with Gasteiger partial charge < -0.3 is 15.4 Å². The van der Waals surface area contributed by atoms with Gasteiger partial charge in [0.1, 0.15) is 5.75 Å². The van der Waals surface area contributed by atoms with Crippen LogP contribution >= 0.6 is 0 Å². The minimum Gasteiger partial charge on any atom is -0.496 e. The molecular formula is C17H24N2O3. The molecule has 1 fully saturated rings. The summed E-state index contributed by atoms with van der Waals surface area (Å²) in [6, 6.07) is 4.01. The Morgan fingerprint density at radius 3 is 2.45 bits per heavy atom. The molecule has 0 bridgehead atoms. The first-order chi connectivity index (χ1) is 10.4. The molecule has 1 saturated heterocycles. The maximum Gasteiger partial charge on any atom is 0.227 e. The topological polar surface area (TPSA) is 72.6 Å². The lowest BCUT2D eigenvalue weighted by atomic mass is 9.95. The van der Waals surface area contributed by atoms with Crippen molar-refractivity contribution in [3.63, 3.8) is 0 Å². The SMILES string of the molecule is COc1cc(C)cc(C)c1CC(=O)N1CCC(C(N)=O)CC1. The Labute approximate surface area is 131 Å². The number of hydrogen-bond acceptors (Lipinski definition) is 3. The van der Waals surface area contributed by atoms with E-state index in [0.717, 1.165) is 22.4 Å². The van der Waals surface area contributed by atoms with Gasteiger partial charge in [-0.3, -0.25) is 9.59 Å². The summed E-state index contributed by atoms with van der Waals surface area (Å²) in [6.07, 6.45) is 1.65. The number of nitrogens with two attached hydrogens (primary N) is 1. The quantitative estimate of drug-likeness (QED) is 0.918. The number of nitrogens with zero attached hydrogens (tertiary/aromatic N) is 1. The summed E-state index contributed by atoms with van der Waals surface area (Å²) in [7, 11) is 1.63. The van der Waals surface area contributed by atoms with Crippen LogP contribution in [0.2, 0.25) is 0 Å². The van der Waals surface area contributed by atoms with Crippen LogP contribution in [0.25, 0.3) is 0 Å². The summed E-state index contributed by atoms with van der Waals surface area (Å²) in [4.78, 5) is 25.5. The van der Waals surface area contributed by atoms with Crippen molar-refractivity contribution in [3.05, 3.63) is 28.8 Å². The fraction of sp³-hybridized carbons (Fsp3) is 0.529. The smallest absolute Gasteiger partial charge is 0.227 e. The van der Waals surface area contributed by atoms with Crippen molar-refractivity contribution in [2.75, 3.05) is 20.2 Å². The highest BCUT2D eigenvalue weighted by molar-refractivity contribution is 5.81. The first-order valence-corrected chi connectivity index (χ1v) is 7.63. The first-order valence-electron chi connectivity index (χ1n) is 7.63. The number of benzene rings is 1. The van der Waals surface area contributed by atoms with Crippen molar-refractivity contribution < 1.29 is 14.3 Å². The van der Waals surface area contributed by atoms with Gasteiger partial charge in [-0.15, -0.1) is 0 Å². The van der Waals surface area contributed by atoms with Gasteiger partial charge >= 0.3 is 0 Å². The summed E-state index contributed by atoms with van der Waals surface area (Å²) < 4.78 is 5.41. The van der Waals surface area contributed by atoms with Crippen LogP contribution < -0.4 is 10.5 Å². The fourth-order valence-corrected chi connectivity index (χ4v) is 3.04. The highest BCUT2D eigenvalue weighted by atomic mass is 16.5. The van der Waals surface area contributed by atoms with Gasteiger partial charge in [0.25, 0.3) is 0 Å². The Bertz CT molecular complexity index is 576. The van der Waals surface area contributed by atoms with E-state index in [9.17, 15) is 9.59 Å². The molecule has 5 nitrogen and oxygen atoms in total. The van der Waals surface area contributed by atoms with Crippen molar-refractivity contribution in [3.8, 4) is 5.75 Å². The second kappa shape index (κ2) is 6.81. The van der Waals surface area contributed by atoms with Crippen LogP contribution in [-0.4, -0.2) is 36.9 Å². The maximum absolute atomic E-state index is 12.5. The molecule has 5 heteroatoms. The third-order valence-corrected chi connectivity index (χ3v) is 4.37. The molecule has 120 valence electrons. The zero-order valence-electron chi connectivity index (χ0n) is 13.5. The molecule has 1 aliphatic heterocycles. The summed E-state index contributed by atoms with van der Waals surface area (Å²) in [5, 5.41) is 0. The predicted molar refractivity (Wildman–Crippen MR) is 84.7 cm³/mol. The Morgan fingerprint density at radius 2 is 1.91 bits per heavy atom. The number of hydrogen-bond donors (Lipinski definition) is 1. The number of methoxy groups -OCH3 is 1. The number of amides is 2. The second-order valence-corrected chi connectivity index (χ2v) is 6.00. The minimum absolute atomic E-state index is 0.0770. The van der Waals surface area contributed by atoms with E-state index in [0.29, 0.717) is 32.4 Å². The second-order valence-electron chi connectivity index (χ2n) is 6.00. The van der Waals surface area contributed by atoms with Crippen LogP contribution in [-0.2, 0) is 16.0 Å². The Hall–Kier alpha value is -2.04. The lowest BCUT2D eigenvalue weighted by Gasteiger charge is -2.31. The summed E-state index contributed by atoms with van der Waals surface area (Å²) >= 11 is 0. The van der Waals surface area contributed by atoms with Crippen LogP contribution in [0.15, 0.2) is 12.1 Å². The average molecular weight is 304 g/mol. The van der Waals surface area contributed by atoms with Gasteiger partial charge in [0.05, 0.1) is 13.5 Å². The summed E-state index contributed by atoms with van der Waals surface area (Å²) in [5.41, 5.74) is 8.45. The van der Waals surface area contributed by atoms with Gasteiger partial charge in [-0.2, -0.15) is 0 Å². The molecule has 1 heterocycles. The number of ether oxygens (including phenoxy) is 1. The van der Waals surface area contributed by atoms with Crippen LogP contribution in [0.3, 0.4) is 0 Å². The minimum atomic E-state index is -0.261. The van der Waals surface area contributed by atoms with Crippen molar-refractivity contribution in [1.29, 1.82) is 0 Å². The van der Waals surface area contributed by atoms with Crippen LogP contribution in [0.1, 0.15) is 29.5 Å². The molecule has 0 aliphatic carbocycles. The standard InChI is InChI=1S/C17H24N2O3/c1-11-8-12(2)14(15(9-11)22-3)10-16(20)19-6-4-13(5-7-19)17(18)21/h8-9,13H,4-7,10H2,1-3H3,(H2,18,21). The molecule has 0 unspecified atom stereocenters. The molecule has 2 N–H and O–H groups in total. The van der Waals surface area contributed by atoms with Gasteiger partial charge in [0.2, 0.25) is 11.8 Å². The Kier molecular flexibility index (Phi) is 5.06. The van der Waals surface area contributed by atoms with Crippen LogP contribution in [0.4, 0.5) is 0 Å². The molecule has 1 aromatic carbocycles. The van der Waals surface area contributed by atoms with E-state index < -0.39 is 0 Å². The van der Waals surface area contributed by atoms with Gasteiger partial charge in [-0.1, -0.05) is 6.07 Å². The summed E-state index contributed by atoms with van der Waals surface area (Å²) in [5.74, 6) is 0.480. The van der Waals surface area contributed by atoms with Crippen LogP contribution in [0.5, 0.6) is 5.75 Å². The largest absolute Gasteiger partial charge is 0.496 e. The van der Waals surface area contributed by atoms with Gasteiger partial charge in [-0.05, 0) is 43.9 Å². The molecule has 0 atom stereocenters. The molecule has 1 aliphatic rings. The van der Waals surface area contributed by atoms with Gasteiger partial charge in [0.15, 0.2) is 0 Å². The summed E-state index contributed by atoms with van der Waals surface area (Å²) in [6.45, 7) is 5.20. The predicted octanol–water partition coefficient (Wildman–Crippen LogP) is 1.58. The van der Waals surface area contributed by atoms with E-state index in [1.165, 1.54) is 0 Å². The number of primary amides is 1. The number of aryl methyl sites for hydroxylation is 2. The average Bonchev–Trinajstić information content (AvgIpc) is 2.49. The molecule has 2 amide bonds. The fourth-order valence-electron chi connectivity index (χ4n) is 3.04. The van der Waals surface area contributed by atoms with Crippen LogP contribution in [0, 0.1) is 19.8 Å². The molecule has 0 saturated carbocycles. The Balaban J connectivity index is 2.06. The van der Waals surface area contributed by atoms with Crippen molar-refractivity contribution >= 4 is 11.8 Å². The number of carbonyl (C=O) groups excluding carboxylic acids is 2. The lowest BCUT2D eigenvalue weighted by Crippen LogP contribution is -2.42. The third kappa shape index (κ3) is 3.59. The molecule has 1 aromatic rings. The van der Waals surface area contributed by atoms with E-state index in [1.54, 1.807) is 7.11 Å². The number of likely N-dealkylation sites (tertiary alicyclic amines) is 1.